The SMILES string of the molecule is CCCCCCCCCCCCCCCC(=O)OC[C@H](CSC[C@H](NC(=O)CN)C(=O)NCC(=O)N[C@@H](CCC(=O)O)C(=O)N[C@@H](CCC(=O)O)C(=O)O)OC(=O)CCCCCCCCCCCCCCC. The number of nitrogens with two attached hydrogens (primary N) is 1. The third kappa shape index (κ3) is 41.1. The molecule has 416 valence electrons. The topological polar surface area (TPSA) is 307 Å². The van der Waals surface area contributed by atoms with Gasteiger partial charge in [0.2, 0.25) is 23.6 Å². The lowest BCUT2D eigenvalue weighted by molar-refractivity contribution is -0.157. The molecule has 0 fully saturated rings. The van der Waals surface area contributed by atoms with Crippen molar-refractivity contribution in [1.82, 2.24) is 21.3 Å². The summed E-state index contributed by atoms with van der Waals surface area (Å²) in [6.07, 6.45) is 27.7. The summed E-state index contributed by atoms with van der Waals surface area (Å²) in [6, 6.07) is -4.46. The Balaban J connectivity index is 5.39. The quantitative estimate of drug-likeness (QED) is 0.0216. The molecule has 20 heteroatoms. The van der Waals surface area contributed by atoms with Gasteiger partial charge in [-0.25, -0.2) is 4.79 Å². The van der Waals surface area contributed by atoms with Gasteiger partial charge < -0.3 is 51.8 Å². The third-order valence-electron chi connectivity index (χ3n) is 12.1. The van der Waals surface area contributed by atoms with Gasteiger partial charge in [0, 0.05) is 37.2 Å². The Morgan fingerprint density at radius 2 is 0.889 bits per heavy atom. The van der Waals surface area contributed by atoms with Crippen LogP contribution in [0.5, 0.6) is 0 Å². The van der Waals surface area contributed by atoms with E-state index in [4.69, 9.17) is 20.3 Å². The van der Waals surface area contributed by atoms with E-state index in [1.165, 1.54) is 116 Å². The maximum atomic E-state index is 13.3. The number of carbonyl (C=O) groups is 9. The van der Waals surface area contributed by atoms with Crippen molar-refractivity contribution in [2.75, 3.05) is 31.2 Å². The Labute approximate surface area is 433 Å². The van der Waals surface area contributed by atoms with E-state index in [0.717, 1.165) is 50.3 Å². The van der Waals surface area contributed by atoms with Gasteiger partial charge in [-0.15, -0.1) is 0 Å². The number of carboxylic acid groups (broad SMARTS) is 3. The zero-order valence-electron chi connectivity index (χ0n) is 43.8. The first kappa shape index (κ1) is 67.5. The molecule has 0 aliphatic carbocycles. The molecule has 0 rings (SSSR count). The molecule has 19 nitrogen and oxygen atoms in total. The molecule has 0 spiro atoms. The van der Waals surface area contributed by atoms with Crippen LogP contribution >= 0.6 is 11.8 Å². The molecule has 0 aliphatic rings. The van der Waals surface area contributed by atoms with E-state index >= 15 is 0 Å². The van der Waals surface area contributed by atoms with E-state index in [0.29, 0.717) is 12.8 Å². The average molecular weight is 1040 g/mol. The summed E-state index contributed by atoms with van der Waals surface area (Å²) in [6.45, 7) is 3.03. The predicted octanol–water partition coefficient (Wildman–Crippen LogP) is 7.48. The molecule has 0 aromatic carbocycles. The van der Waals surface area contributed by atoms with Crippen LogP contribution in [0.3, 0.4) is 0 Å². The van der Waals surface area contributed by atoms with Gasteiger partial charge in [0.05, 0.1) is 13.1 Å². The van der Waals surface area contributed by atoms with E-state index in [1.807, 2.05) is 0 Å². The fourth-order valence-corrected chi connectivity index (χ4v) is 8.85. The van der Waals surface area contributed by atoms with Crippen LogP contribution in [0.4, 0.5) is 0 Å². The minimum absolute atomic E-state index is 0.0866. The van der Waals surface area contributed by atoms with Gasteiger partial charge in [-0.05, 0) is 25.7 Å². The van der Waals surface area contributed by atoms with Gasteiger partial charge in [-0.2, -0.15) is 11.8 Å². The maximum absolute atomic E-state index is 13.3. The molecule has 72 heavy (non-hydrogen) atoms. The number of aliphatic carboxylic acids is 3. The van der Waals surface area contributed by atoms with Crippen LogP contribution in [0.1, 0.15) is 219 Å². The summed E-state index contributed by atoms with van der Waals surface area (Å²) in [7, 11) is 0. The van der Waals surface area contributed by atoms with Crippen molar-refractivity contribution in [3.63, 3.8) is 0 Å². The van der Waals surface area contributed by atoms with Gasteiger partial charge in [0.25, 0.3) is 0 Å². The summed E-state index contributed by atoms with van der Waals surface area (Å²) >= 11 is 1.12. The highest BCUT2D eigenvalue weighted by Gasteiger charge is 2.29. The summed E-state index contributed by atoms with van der Waals surface area (Å²) in [4.78, 5) is 111. The molecule has 4 amide bonds. The lowest BCUT2D eigenvalue weighted by Crippen LogP contribution is -2.55. The van der Waals surface area contributed by atoms with Crippen molar-refractivity contribution in [2.45, 2.75) is 244 Å². The monoisotopic (exact) mass is 1040 g/mol. The van der Waals surface area contributed by atoms with Crippen LogP contribution in [0.25, 0.3) is 0 Å². The molecule has 9 N–H and O–H groups in total. The number of nitrogens with one attached hydrogen (secondary N) is 4. The van der Waals surface area contributed by atoms with Gasteiger partial charge in [0.1, 0.15) is 30.8 Å². The van der Waals surface area contributed by atoms with Crippen LogP contribution in [0.15, 0.2) is 0 Å². The highest BCUT2D eigenvalue weighted by Crippen LogP contribution is 2.17. The molecular formula is C52H93N5O14S. The first-order chi connectivity index (χ1) is 34.6. The zero-order valence-corrected chi connectivity index (χ0v) is 44.6. The van der Waals surface area contributed by atoms with Gasteiger partial charge in [0.15, 0.2) is 0 Å². The molecule has 0 radical (unpaired) electrons. The molecule has 0 aliphatic heterocycles. The van der Waals surface area contributed by atoms with Crippen molar-refractivity contribution < 1.29 is 67.9 Å². The van der Waals surface area contributed by atoms with Gasteiger partial charge in [-0.1, -0.05) is 168 Å². The standard InChI is InChI=1S/C52H93N5O14S/c1-3-5-7-9-11-13-15-17-19-21-23-25-27-29-48(64)70-37-40(71-49(65)30-28-26-24-22-20-18-16-14-12-10-8-6-4-2)38-72-39-43(56-44(58)35-53)50(66)54-36-45(59)55-41(31-33-46(60)61)51(67)57-42(52(68)69)32-34-47(62)63/h40-43H,3-39,53H2,1-2H3,(H,54,66)(H,55,59)(H,56,58)(H,57,67)(H,60,61)(H,62,63)(H,68,69)/t40-,41+,42+,43+/m1/s1. The number of unbranched alkanes of at least 4 members (excludes halogenated alkanes) is 24. The summed E-state index contributed by atoms with van der Waals surface area (Å²) in [5.74, 6) is -8.58. The first-order valence-electron chi connectivity index (χ1n) is 27.1. The Hall–Kier alpha value is -4.46. The number of thioether (sulfide) groups is 1. The van der Waals surface area contributed by atoms with Crippen molar-refractivity contribution in [1.29, 1.82) is 0 Å². The molecule has 4 atom stereocenters. The molecular weight excluding hydrogens is 951 g/mol. The van der Waals surface area contributed by atoms with Crippen LogP contribution < -0.4 is 27.0 Å². The molecule has 0 saturated heterocycles. The normalized spacial score (nSPS) is 12.7. The van der Waals surface area contributed by atoms with Crippen molar-refractivity contribution in [3.8, 4) is 0 Å². The number of hydrogen-bond donors (Lipinski definition) is 8. The summed E-state index contributed by atoms with van der Waals surface area (Å²) in [5.41, 5.74) is 5.50. The van der Waals surface area contributed by atoms with Crippen LogP contribution in [0, 0.1) is 0 Å². The highest BCUT2D eigenvalue weighted by atomic mass is 32.2. The number of esters is 2. The summed E-state index contributed by atoms with van der Waals surface area (Å²) in [5, 5.41) is 36.8. The Morgan fingerprint density at radius 3 is 1.32 bits per heavy atom. The Bertz CT molecular complexity index is 1540. The summed E-state index contributed by atoms with van der Waals surface area (Å²) < 4.78 is 11.3. The fourth-order valence-electron chi connectivity index (χ4n) is 7.82. The highest BCUT2D eigenvalue weighted by molar-refractivity contribution is 7.99. The molecule has 0 bridgehead atoms. The lowest BCUT2D eigenvalue weighted by atomic mass is 10.0. The number of carbonyl (C=O) groups excluding carboxylic acids is 6. The van der Waals surface area contributed by atoms with Gasteiger partial charge >= 0.3 is 29.8 Å². The molecule has 0 aromatic rings. The van der Waals surface area contributed by atoms with Crippen LogP contribution in [-0.2, 0) is 52.6 Å². The number of amides is 4. The molecule has 0 heterocycles. The number of ether oxygens (including phenoxy) is 2. The van der Waals surface area contributed by atoms with E-state index in [9.17, 15) is 53.4 Å². The minimum Gasteiger partial charge on any atom is -0.481 e. The number of hydrogen-bond acceptors (Lipinski definition) is 13. The second kappa shape index (κ2) is 46.3. The van der Waals surface area contributed by atoms with Crippen LogP contribution in [-0.4, -0.2) is 124 Å². The van der Waals surface area contributed by atoms with Crippen LogP contribution in [0.2, 0.25) is 0 Å². The van der Waals surface area contributed by atoms with Crippen molar-refractivity contribution in [3.05, 3.63) is 0 Å². The average Bonchev–Trinajstić information content (AvgIpc) is 3.34. The number of rotatable bonds is 50. The van der Waals surface area contributed by atoms with E-state index < -0.39 is 116 Å². The number of carboxylic acids is 3. The zero-order chi connectivity index (χ0) is 53.6. The Morgan fingerprint density at radius 1 is 0.472 bits per heavy atom. The second-order valence-corrected chi connectivity index (χ2v) is 19.8. The largest absolute Gasteiger partial charge is 0.481 e. The van der Waals surface area contributed by atoms with Crippen molar-refractivity contribution >= 4 is 65.2 Å². The lowest BCUT2D eigenvalue weighted by Gasteiger charge is -2.22. The third-order valence-corrected chi connectivity index (χ3v) is 13.3. The maximum Gasteiger partial charge on any atom is 0.326 e. The first-order valence-corrected chi connectivity index (χ1v) is 28.2. The van der Waals surface area contributed by atoms with Gasteiger partial charge in [-0.3, -0.25) is 38.4 Å². The minimum atomic E-state index is -1.64. The van der Waals surface area contributed by atoms with E-state index in [2.05, 4.69) is 35.1 Å². The van der Waals surface area contributed by atoms with Crippen molar-refractivity contribution in [2.24, 2.45) is 5.73 Å². The molecule has 0 aromatic heterocycles. The van der Waals surface area contributed by atoms with E-state index in [-0.39, 0.29) is 31.0 Å². The second-order valence-electron chi connectivity index (χ2n) is 18.7. The molecule has 0 unspecified atom stereocenters. The predicted molar refractivity (Wildman–Crippen MR) is 278 cm³/mol. The fraction of sp³-hybridized carbons (Fsp3) is 0.827. The Kier molecular flexibility index (Phi) is 43.5. The smallest absolute Gasteiger partial charge is 0.326 e. The molecule has 0 saturated carbocycles. The van der Waals surface area contributed by atoms with E-state index in [1.54, 1.807) is 0 Å².